The largest absolute Gasteiger partial charge is 0.416 e. The van der Waals surface area contributed by atoms with Crippen molar-refractivity contribution in [2.75, 3.05) is 90.8 Å². The first-order valence-electron chi connectivity index (χ1n) is 44.9. The molecule has 4 fully saturated rings. The molecule has 0 atom stereocenters. The number of rotatable bonds is 17. The fraction of sp³-hybridized carbons (Fsp3) is 0.554. The standard InChI is InChI=1S/C24H29F3N4O2.C23H29F3N4O3S.C23H29F3N4O.C22H27F3N4O3S/c1-15(2)13-21(32)31-12-9-20-18(14-31)22(29-28-20)23(33)30-10-7-16(8-11-30)17-5-3-4-6-19(17)24(25,26)27;1-15(2)14-34(32,33)30-12-9-20-18(13-30)21(28-27-20)22(31)29-10-7-16(8-11-29)17-5-3-4-6-19(17)23(24,25)26;1-15(2)13-29-10-9-20-18(14-29)21(28-27-20)22(31)30-11-7-16(8-12-30)17-5-3-4-6-19(17)23(24,25)26;1-14(2)33(31,32)29-12-9-19-17(13-29)20(27-26-19)21(30)28-10-7-15(8-11-28)16-5-3-4-6-18(16)22(23,24)25/h3-6,15-16H,7-14H2,1-2H3,(H,28,29);3-6,15-16H,7-14H2,1-2H3,(H,27,28);3-6,15-16H,7-14H2,1-2H3,(H,27,28);3-6,14-15H,7-13H2,1-2H3,(H,26,27). The summed E-state index contributed by atoms with van der Waals surface area (Å²) in [5.41, 5.74) is 6.28. The van der Waals surface area contributed by atoms with Gasteiger partial charge >= 0.3 is 24.7 Å². The number of carbonyl (C=O) groups excluding carboxylic acids is 5. The Morgan fingerprint density at radius 2 is 0.634 bits per heavy atom. The van der Waals surface area contributed by atoms with Gasteiger partial charge in [0.1, 0.15) is 0 Å². The second-order valence-electron chi connectivity index (χ2n) is 36.7. The van der Waals surface area contributed by atoms with Gasteiger partial charge in [0, 0.05) is 188 Å². The number of piperidine rings is 4. The average molecular weight is 1880 g/mol. The molecule has 8 aliphatic heterocycles. The van der Waals surface area contributed by atoms with E-state index in [4.69, 9.17) is 0 Å². The minimum Gasteiger partial charge on any atom is -0.338 e. The summed E-state index contributed by atoms with van der Waals surface area (Å²) in [5, 5.41) is 28.1. The van der Waals surface area contributed by atoms with Crippen molar-refractivity contribution in [3.8, 4) is 0 Å². The van der Waals surface area contributed by atoms with Crippen molar-refractivity contribution in [2.45, 2.75) is 219 Å². The molecule has 5 amide bonds. The zero-order chi connectivity index (χ0) is 94.6. The predicted molar refractivity (Wildman–Crippen MR) is 465 cm³/mol. The Kier molecular flexibility index (Phi) is 30.7. The third-order valence-corrected chi connectivity index (χ3v) is 30.4. The van der Waals surface area contributed by atoms with E-state index in [1.54, 1.807) is 68.7 Å². The Bertz CT molecular complexity index is 5590. The van der Waals surface area contributed by atoms with Gasteiger partial charge in [-0.2, -0.15) is 81.7 Å². The quantitative estimate of drug-likeness (QED) is 0.0617. The molecule has 4 aromatic carbocycles. The summed E-state index contributed by atoms with van der Waals surface area (Å²) in [7, 11) is -6.92. The maximum atomic E-state index is 13.4. The van der Waals surface area contributed by atoms with Gasteiger partial charge < -0.3 is 24.5 Å². The van der Waals surface area contributed by atoms with Gasteiger partial charge in [-0.25, -0.2) is 16.8 Å². The molecule has 4 aromatic heterocycles. The number of aromatic amines is 4. The number of alkyl halides is 12. The number of benzene rings is 4. The van der Waals surface area contributed by atoms with Crippen molar-refractivity contribution >= 4 is 49.6 Å². The zero-order valence-electron chi connectivity index (χ0n) is 74.7. The lowest BCUT2D eigenvalue weighted by atomic mass is 9.86. The highest BCUT2D eigenvalue weighted by atomic mass is 32.2. The van der Waals surface area contributed by atoms with Crippen molar-refractivity contribution < 1.29 is 93.5 Å². The van der Waals surface area contributed by atoms with Crippen LogP contribution in [-0.2, 0) is 101 Å². The molecule has 25 nitrogen and oxygen atoms in total. The summed E-state index contributed by atoms with van der Waals surface area (Å²) in [5.74, 6) is -1.10. The number of nitrogens with one attached hydrogen (secondary N) is 4. The molecule has 8 aromatic rings. The Balaban J connectivity index is 0.000000149. The Morgan fingerprint density at radius 3 is 0.931 bits per heavy atom. The summed E-state index contributed by atoms with van der Waals surface area (Å²) in [6.45, 7) is 22.6. The van der Waals surface area contributed by atoms with Crippen LogP contribution in [0, 0.1) is 17.8 Å². The molecule has 0 aliphatic carbocycles. The van der Waals surface area contributed by atoms with E-state index in [0.29, 0.717) is 202 Å². The summed E-state index contributed by atoms with van der Waals surface area (Å²) >= 11 is 0. The normalized spacial score (nSPS) is 18.2. The van der Waals surface area contributed by atoms with Gasteiger partial charge in [0.2, 0.25) is 26.0 Å². The van der Waals surface area contributed by atoms with E-state index in [-0.39, 0.29) is 106 Å². The number of H-pyrrole nitrogens is 4. The van der Waals surface area contributed by atoms with E-state index in [2.05, 4.69) is 59.5 Å². The molecule has 12 heterocycles. The topological polar surface area (TPSA) is 294 Å². The maximum absolute atomic E-state index is 13.4. The summed E-state index contributed by atoms with van der Waals surface area (Å²) in [4.78, 5) is 76.0. The van der Waals surface area contributed by atoms with Crippen LogP contribution < -0.4 is 0 Å². The van der Waals surface area contributed by atoms with Crippen LogP contribution in [-0.4, -0.2) is 221 Å². The lowest BCUT2D eigenvalue weighted by Crippen LogP contribution is -2.41. The van der Waals surface area contributed by atoms with E-state index in [9.17, 15) is 93.5 Å². The second kappa shape index (κ2) is 40.8. The van der Waals surface area contributed by atoms with E-state index in [1.165, 1.54) is 51.1 Å². The van der Waals surface area contributed by atoms with Crippen LogP contribution in [0.4, 0.5) is 52.7 Å². The smallest absolute Gasteiger partial charge is 0.338 e. The van der Waals surface area contributed by atoms with Gasteiger partial charge in [0.15, 0.2) is 22.8 Å². The number of halogens is 12. The van der Waals surface area contributed by atoms with Gasteiger partial charge in [-0.1, -0.05) is 114 Å². The Labute approximate surface area is 754 Å². The molecule has 4 N–H and O–H groups in total. The molecule has 39 heteroatoms. The predicted octanol–water partition coefficient (Wildman–Crippen LogP) is 16.2. The number of hydrogen-bond acceptors (Lipinski definition) is 14. The van der Waals surface area contributed by atoms with Crippen LogP contribution in [0.25, 0.3) is 0 Å². The molecular weight excluding hydrogens is 1770 g/mol. The minimum absolute atomic E-state index is 0.0133. The number of amides is 5. The number of sulfonamides is 2. The van der Waals surface area contributed by atoms with Crippen molar-refractivity contribution in [3.05, 3.63) is 209 Å². The SMILES string of the molecule is CC(C)CC(=O)N1CCc2[nH]nc(C(=O)N3CCC(c4ccccc4C(F)(F)F)CC3)c2C1.CC(C)CN1CCc2[nH]nc(C(=O)N3CCC(c4ccccc4C(F)(F)F)CC3)c2C1.CC(C)CS(=O)(=O)N1CCc2[nH]nc(C(=O)N3CCC(c4ccccc4C(F)(F)F)CC3)c2C1.CC(C)S(=O)(=O)N1CCc2[nH]nc(C(=O)N3CCC(c4ccccc4C(F)(F)F)CC3)c2C1. The molecule has 4 saturated heterocycles. The van der Waals surface area contributed by atoms with Crippen LogP contribution >= 0.6 is 0 Å². The Hall–Kier alpha value is -9.99. The number of likely N-dealkylation sites (tertiary alicyclic amines) is 4. The van der Waals surface area contributed by atoms with Crippen LogP contribution in [0.15, 0.2) is 97.1 Å². The summed E-state index contributed by atoms with van der Waals surface area (Å²) < 4.78 is 214. The molecule has 0 bridgehead atoms. The van der Waals surface area contributed by atoms with Gasteiger partial charge in [-0.3, -0.25) is 49.3 Å². The summed E-state index contributed by atoms with van der Waals surface area (Å²) in [6, 6.07) is 22.7. The lowest BCUT2D eigenvalue weighted by molar-refractivity contribution is -0.139. The van der Waals surface area contributed by atoms with Gasteiger partial charge in [-0.15, -0.1) is 0 Å². The van der Waals surface area contributed by atoms with Crippen molar-refractivity contribution in [2.24, 2.45) is 17.8 Å². The average Bonchev–Trinajstić information content (AvgIpc) is 1.75. The van der Waals surface area contributed by atoms with Crippen molar-refractivity contribution in [1.82, 2.24) is 78.8 Å². The van der Waals surface area contributed by atoms with Crippen LogP contribution in [0.5, 0.6) is 0 Å². The van der Waals surface area contributed by atoms with E-state index in [0.717, 1.165) is 77.7 Å². The molecule has 0 unspecified atom stereocenters. The highest BCUT2D eigenvalue weighted by Crippen LogP contribution is 2.45. The van der Waals surface area contributed by atoms with Crippen LogP contribution in [0.1, 0.15) is 268 Å². The van der Waals surface area contributed by atoms with Gasteiger partial charge in [0.25, 0.3) is 23.6 Å². The van der Waals surface area contributed by atoms with Crippen LogP contribution in [0.2, 0.25) is 0 Å². The molecule has 712 valence electrons. The zero-order valence-corrected chi connectivity index (χ0v) is 76.3. The molecule has 0 spiro atoms. The first-order valence-corrected chi connectivity index (χ1v) is 48.0. The monoisotopic (exact) mass is 1880 g/mol. The number of aromatic nitrogens is 8. The van der Waals surface area contributed by atoms with Gasteiger partial charge in [-0.05, 0) is 153 Å². The first-order chi connectivity index (χ1) is 61.9. The van der Waals surface area contributed by atoms with Crippen LogP contribution in [0.3, 0.4) is 0 Å². The first kappa shape index (κ1) is 98.5. The third kappa shape index (κ3) is 23.1. The van der Waals surface area contributed by atoms with Crippen molar-refractivity contribution in [3.63, 3.8) is 0 Å². The highest BCUT2D eigenvalue weighted by molar-refractivity contribution is 7.89. The molecule has 131 heavy (non-hydrogen) atoms. The molecule has 0 radical (unpaired) electrons. The summed E-state index contributed by atoms with van der Waals surface area (Å²) in [6.07, 6.45) is -11.1. The van der Waals surface area contributed by atoms with Crippen molar-refractivity contribution in [1.29, 1.82) is 0 Å². The van der Waals surface area contributed by atoms with Gasteiger partial charge in [0.05, 0.1) is 33.3 Å². The number of fused-ring (bicyclic) bond motifs is 4. The molecule has 16 rings (SSSR count). The Morgan fingerprint density at radius 1 is 0.351 bits per heavy atom. The minimum atomic E-state index is -4.42. The van der Waals surface area contributed by atoms with E-state index in [1.807, 2.05) is 27.7 Å². The van der Waals surface area contributed by atoms with E-state index >= 15 is 0 Å². The van der Waals surface area contributed by atoms with E-state index < -0.39 is 72.3 Å². The fourth-order valence-corrected chi connectivity index (χ4v) is 22.2. The lowest BCUT2D eigenvalue weighted by Gasteiger charge is -2.33. The molecular formula is C92H114F12N16O9S2. The molecule has 0 saturated carbocycles. The highest BCUT2D eigenvalue weighted by Gasteiger charge is 2.45. The fourth-order valence-electron chi connectivity index (χ4n) is 19.2. The number of carbonyl (C=O) groups is 5. The second-order valence-corrected chi connectivity index (χ2v) is 41.2. The third-order valence-electron chi connectivity index (χ3n) is 26.0. The maximum Gasteiger partial charge on any atom is 0.416 e. The number of nitrogens with zero attached hydrogens (tertiary/aromatic N) is 12. The molecule has 8 aliphatic rings. The number of hydrogen-bond donors (Lipinski definition) is 4.